The predicted octanol–water partition coefficient (Wildman–Crippen LogP) is 0.606. The minimum Gasteiger partial charge on any atom is -0.303 e. The summed E-state index contributed by atoms with van der Waals surface area (Å²) in [4.78, 5) is 23.5. The van der Waals surface area contributed by atoms with Crippen molar-refractivity contribution in [2.75, 3.05) is 0 Å². The number of hydrogen-bond donors (Lipinski definition) is 0. The van der Waals surface area contributed by atoms with Gasteiger partial charge in [-0.3, -0.25) is 9.36 Å². The van der Waals surface area contributed by atoms with Gasteiger partial charge in [0.25, 0.3) is 5.56 Å². The monoisotopic (exact) mass is 259 g/mol. The fourth-order valence-corrected chi connectivity index (χ4v) is 1.73. The fourth-order valence-electron chi connectivity index (χ4n) is 1.73. The molecule has 0 unspecified atom stereocenters. The molecule has 1 aromatic heterocycles. The van der Waals surface area contributed by atoms with Gasteiger partial charge in [-0.1, -0.05) is 0 Å². The van der Waals surface area contributed by atoms with Crippen molar-refractivity contribution in [2.24, 2.45) is 7.05 Å². The summed E-state index contributed by atoms with van der Waals surface area (Å²) in [5.74, 6) is -0.519. The number of hydrogen-bond acceptors (Lipinski definition) is 3. The molecule has 0 radical (unpaired) electrons. The van der Waals surface area contributed by atoms with E-state index in [1.165, 1.54) is 29.9 Å². The molecule has 2 rings (SSSR count). The number of aryl methyl sites for hydroxylation is 1. The van der Waals surface area contributed by atoms with Crippen LogP contribution < -0.4 is 11.2 Å². The zero-order valence-corrected chi connectivity index (χ0v) is 10.1. The van der Waals surface area contributed by atoms with Crippen LogP contribution in [0.25, 0.3) is 0 Å². The Balaban J connectivity index is 2.57. The van der Waals surface area contributed by atoms with Gasteiger partial charge in [-0.2, -0.15) is 5.26 Å². The predicted molar refractivity (Wildman–Crippen MR) is 66.2 cm³/mol. The maximum absolute atomic E-state index is 13.2. The molecule has 0 saturated heterocycles. The number of rotatable bonds is 2. The summed E-state index contributed by atoms with van der Waals surface area (Å²) in [6, 6.07) is 6.78. The molecular formula is C13H10FN3O2. The first-order valence-corrected chi connectivity index (χ1v) is 5.48. The molecule has 0 N–H and O–H groups in total. The Morgan fingerprint density at radius 1 is 1.32 bits per heavy atom. The zero-order chi connectivity index (χ0) is 14.0. The van der Waals surface area contributed by atoms with Crippen LogP contribution in [-0.2, 0) is 13.6 Å². The Kier molecular flexibility index (Phi) is 3.29. The van der Waals surface area contributed by atoms with Gasteiger partial charge in [0.05, 0.1) is 18.2 Å². The van der Waals surface area contributed by atoms with Crippen molar-refractivity contribution in [1.82, 2.24) is 9.13 Å². The number of benzene rings is 1. The van der Waals surface area contributed by atoms with E-state index in [9.17, 15) is 14.0 Å². The standard InChI is InChI=1S/C13H10FN3O2/c1-16-5-4-12(18)17(13(16)19)8-10-6-11(14)3-2-9(10)7-15/h2-6H,8H2,1H3. The van der Waals surface area contributed by atoms with Gasteiger partial charge in [0.1, 0.15) is 5.82 Å². The van der Waals surface area contributed by atoms with E-state index in [-0.39, 0.29) is 12.1 Å². The van der Waals surface area contributed by atoms with Gasteiger partial charge in [0.15, 0.2) is 0 Å². The van der Waals surface area contributed by atoms with E-state index in [4.69, 9.17) is 5.26 Å². The highest BCUT2D eigenvalue weighted by Gasteiger charge is 2.08. The highest BCUT2D eigenvalue weighted by Crippen LogP contribution is 2.10. The van der Waals surface area contributed by atoms with Crippen LogP contribution in [0, 0.1) is 17.1 Å². The van der Waals surface area contributed by atoms with Crippen LogP contribution >= 0.6 is 0 Å². The molecular weight excluding hydrogens is 249 g/mol. The van der Waals surface area contributed by atoms with E-state index in [2.05, 4.69) is 0 Å². The Morgan fingerprint density at radius 2 is 2.05 bits per heavy atom. The van der Waals surface area contributed by atoms with Crippen molar-refractivity contribution in [3.8, 4) is 6.07 Å². The molecule has 0 spiro atoms. The van der Waals surface area contributed by atoms with Crippen molar-refractivity contribution in [3.05, 3.63) is 68.2 Å². The second-order valence-electron chi connectivity index (χ2n) is 4.05. The molecule has 0 fully saturated rings. The molecule has 1 heterocycles. The number of halogens is 1. The Bertz CT molecular complexity index is 784. The van der Waals surface area contributed by atoms with Gasteiger partial charge in [-0.05, 0) is 23.8 Å². The van der Waals surface area contributed by atoms with Gasteiger partial charge in [-0.15, -0.1) is 0 Å². The molecule has 6 heteroatoms. The lowest BCUT2D eigenvalue weighted by Crippen LogP contribution is -2.38. The van der Waals surface area contributed by atoms with Crippen molar-refractivity contribution in [3.63, 3.8) is 0 Å². The smallest absolute Gasteiger partial charge is 0.303 e. The van der Waals surface area contributed by atoms with E-state index >= 15 is 0 Å². The first kappa shape index (κ1) is 12.8. The molecule has 96 valence electrons. The topological polar surface area (TPSA) is 67.8 Å². The van der Waals surface area contributed by atoms with E-state index in [0.29, 0.717) is 5.56 Å². The SMILES string of the molecule is Cn1ccc(=O)n(Cc2cc(F)ccc2C#N)c1=O. The third-order valence-electron chi connectivity index (χ3n) is 2.76. The Hall–Kier alpha value is -2.68. The summed E-state index contributed by atoms with van der Waals surface area (Å²) in [5, 5.41) is 8.94. The quantitative estimate of drug-likeness (QED) is 0.793. The largest absolute Gasteiger partial charge is 0.331 e. The first-order chi connectivity index (χ1) is 9.02. The number of aromatic nitrogens is 2. The second kappa shape index (κ2) is 4.90. The lowest BCUT2D eigenvalue weighted by Gasteiger charge is -2.08. The maximum Gasteiger partial charge on any atom is 0.331 e. The average Bonchev–Trinajstić information content (AvgIpc) is 2.39. The highest BCUT2D eigenvalue weighted by atomic mass is 19.1. The molecule has 2 aromatic rings. The highest BCUT2D eigenvalue weighted by molar-refractivity contribution is 5.37. The van der Waals surface area contributed by atoms with E-state index in [0.717, 1.165) is 16.7 Å². The van der Waals surface area contributed by atoms with Crippen molar-refractivity contribution in [1.29, 1.82) is 5.26 Å². The fraction of sp³-hybridized carbons (Fsp3) is 0.154. The lowest BCUT2D eigenvalue weighted by molar-refractivity contribution is 0.612. The van der Waals surface area contributed by atoms with Crippen LogP contribution in [0.2, 0.25) is 0 Å². The molecule has 0 aliphatic rings. The summed E-state index contributed by atoms with van der Waals surface area (Å²) < 4.78 is 15.4. The zero-order valence-electron chi connectivity index (χ0n) is 10.1. The second-order valence-corrected chi connectivity index (χ2v) is 4.05. The average molecular weight is 259 g/mol. The van der Waals surface area contributed by atoms with Crippen LogP contribution in [0.4, 0.5) is 4.39 Å². The minimum atomic E-state index is -0.519. The normalized spacial score (nSPS) is 10.2. The lowest BCUT2D eigenvalue weighted by atomic mass is 10.1. The molecule has 19 heavy (non-hydrogen) atoms. The summed E-state index contributed by atoms with van der Waals surface area (Å²) in [5.41, 5.74) is -0.469. The molecule has 0 saturated carbocycles. The summed E-state index contributed by atoms with van der Waals surface area (Å²) >= 11 is 0. The van der Waals surface area contributed by atoms with Crippen LogP contribution in [0.3, 0.4) is 0 Å². The molecule has 5 nitrogen and oxygen atoms in total. The van der Waals surface area contributed by atoms with Crippen LogP contribution in [0.1, 0.15) is 11.1 Å². The molecule has 0 bridgehead atoms. The third-order valence-corrected chi connectivity index (χ3v) is 2.76. The molecule has 0 aliphatic heterocycles. The number of nitriles is 1. The van der Waals surface area contributed by atoms with Gasteiger partial charge in [0.2, 0.25) is 0 Å². The van der Waals surface area contributed by atoms with E-state index < -0.39 is 17.1 Å². The Morgan fingerprint density at radius 3 is 2.74 bits per heavy atom. The minimum absolute atomic E-state index is 0.132. The van der Waals surface area contributed by atoms with Gasteiger partial charge in [0, 0.05) is 19.3 Å². The van der Waals surface area contributed by atoms with Crippen molar-refractivity contribution in [2.45, 2.75) is 6.54 Å². The summed E-state index contributed by atoms with van der Waals surface area (Å²) in [6.07, 6.45) is 1.36. The van der Waals surface area contributed by atoms with Crippen LogP contribution in [-0.4, -0.2) is 9.13 Å². The third kappa shape index (κ3) is 2.45. The summed E-state index contributed by atoms with van der Waals surface area (Å²) in [7, 11) is 1.51. The number of nitrogens with zero attached hydrogens (tertiary/aromatic N) is 3. The van der Waals surface area contributed by atoms with Crippen LogP contribution in [0.5, 0.6) is 0 Å². The first-order valence-electron chi connectivity index (χ1n) is 5.48. The molecule has 0 atom stereocenters. The Labute approximate surface area is 107 Å². The summed E-state index contributed by atoms with van der Waals surface area (Å²) in [6.45, 7) is -0.132. The van der Waals surface area contributed by atoms with Gasteiger partial charge in [-0.25, -0.2) is 9.18 Å². The van der Waals surface area contributed by atoms with E-state index in [1.807, 2.05) is 6.07 Å². The van der Waals surface area contributed by atoms with E-state index in [1.54, 1.807) is 0 Å². The van der Waals surface area contributed by atoms with Gasteiger partial charge < -0.3 is 4.57 Å². The maximum atomic E-state index is 13.2. The van der Waals surface area contributed by atoms with Crippen LogP contribution in [0.15, 0.2) is 40.1 Å². The van der Waals surface area contributed by atoms with Crippen molar-refractivity contribution >= 4 is 0 Å². The van der Waals surface area contributed by atoms with Crippen molar-refractivity contribution < 1.29 is 4.39 Å². The molecule has 0 aliphatic carbocycles. The molecule has 0 amide bonds. The molecule has 1 aromatic carbocycles. The van der Waals surface area contributed by atoms with Gasteiger partial charge >= 0.3 is 5.69 Å².